The quantitative estimate of drug-likeness (QED) is 0.310. The number of hydrogen-bond acceptors (Lipinski definition) is 5. The van der Waals surface area contributed by atoms with Crippen LogP contribution in [0.4, 0.5) is 0 Å². The molecule has 5 rings (SSSR count). The Kier molecular flexibility index (Phi) is 6.99. The zero-order valence-electron chi connectivity index (χ0n) is 19.7. The van der Waals surface area contributed by atoms with Crippen LogP contribution in [0.15, 0.2) is 120 Å². The van der Waals surface area contributed by atoms with Gasteiger partial charge in [0.25, 0.3) is 11.8 Å². The minimum Gasteiger partial charge on any atom is -0.467 e. The van der Waals surface area contributed by atoms with Crippen LogP contribution in [-0.4, -0.2) is 26.6 Å². The fourth-order valence-electron chi connectivity index (χ4n) is 3.71. The molecule has 37 heavy (non-hydrogen) atoms. The van der Waals surface area contributed by atoms with Crippen molar-refractivity contribution >= 4 is 17.9 Å². The van der Waals surface area contributed by atoms with E-state index in [0.717, 1.165) is 11.3 Å². The molecule has 8 heteroatoms. The highest BCUT2D eigenvalue weighted by atomic mass is 16.3. The molecular weight excluding hydrogens is 466 g/mol. The molecule has 0 saturated carbocycles. The number of rotatable bonds is 8. The van der Waals surface area contributed by atoms with Gasteiger partial charge in [-0.15, -0.1) is 0 Å². The number of amides is 2. The van der Waals surface area contributed by atoms with Crippen molar-refractivity contribution in [2.45, 2.75) is 6.54 Å². The Bertz CT molecular complexity index is 1510. The third kappa shape index (κ3) is 5.71. The average molecular weight is 490 g/mol. The molecule has 0 unspecified atom stereocenters. The van der Waals surface area contributed by atoms with Crippen LogP contribution in [0.5, 0.6) is 0 Å². The second-order valence-corrected chi connectivity index (χ2v) is 8.10. The predicted molar refractivity (Wildman–Crippen MR) is 139 cm³/mol. The summed E-state index contributed by atoms with van der Waals surface area (Å²) < 4.78 is 7.05. The number of furan rings is 1. The molecule has 2 N–H and O–H groups in total. The van der Waals surface area contributed by atoms with E-state index in [9.17, 15) is 9.59 Å². The van der Waals surface area contributed by atoms with E-state index in [-0.39, 0.29) is 12.2 Å². The van der Waals surface area contributed by atoms with E-state index in [1.165, 1.54) is 6.26 Å². The summed E-state index contributed by atoms with van der Waals surface area (Å²) in [5.74, 6) is -0.279. The van der Waals surface area contributed by atoms with Crippen molar-refractivity contribution in [3.8, 4) is 16.9 Å². The van der Waals surface area contributed by atoms with Gasteiger partial charge in [0.2, 0.25) is 0 Å². The summed E-state index contributed by atoms with van der Waals surface area (Å²) >= 11 is 0. The van der Waals surface area contributed by atoms with Gasteiger partial charge in [-0.05, 0) is 54.6 Å². The highest BCUT2D eigenvalue weighted by Crippen LogP contribution is 2.25. The van der Waals surface area contributed by atoms with Crippen molar-refractivity contribution in [3.63, 3.8) is 0 Å². The van der Waals surface area contributed by atoms with E-state index in [2.05, 4.69) is 15.6 Å². The zero-order chi connectivity index (χ0) is 25.5. The molecule has 5 aromatic rings. The van der Waals surface area contributed by atoms with Crippen LogP contribution in [0, 0.1) is 0 Å². The second kappa shape index (κ2) is 11.0. The van der Waals surface area contributed by atoms with Gasteiger partial charge in [-0.1, -0.05) is 36.4 Å². The molecule has 0 radical (unpaired) electrons. The predicted octanol–water partition coefficient (Wildman–Crippen LogP) is 4.61. The maximum atomic E-state index is 13.3. The lowest BCUT2D eigenvalue weighted by atomic mass is 10.1. The van der Waals surface area contributed by atoms with Gasteiger partial charge < -0.3 is 15.1 Å². The molecule has 2 amide bonds. The van der Waals surface area contributed by atoms with Crippen LogP contribution in [0.2, 0.25) is 0 Å². The minimum absolute atomic E-state index is 0.0677. The lowest BCUT2D eigenvalue weighted by molar-refractivity contribution is -0.118. The molecule has 0 fully saturated rings. The van der Waals surface area contributed by atoms with Crippen LogP contribution in [-0.2, 0) is 11.3 Å². The molecule has 0 atom stereocenters. The monoisotopic (exact) mass is 489 g/mol. The highest BCUT2D eigenvalue weighted by Gasteiger charge is 2.18. The molecule has 0 spiro atoms. The van der Waals surface area contributed by atoms with Gasteiger partial charge in [0, 0.05) is 35.3 Å². The second-order valence-electron chi connectivity index (χ2n) is 8.10. The molecule has 2 aromatic carbocycles. The molecule has 0 aliphatic heterocycles. The summed E-state index contributed by atoms with van der Waals surface area (Å²) in [4.78, 5) is 30.5. The van der Waals surface area contributed by atoms with Gasteiger partial charge in [0.1, 0.15) is 17.2 Å². The third-order valence-corrected chi connectivity index (χ3v) is 5.53. The van der Waals surface area contributed by atoms with Crippen LogP contribution < -0.4 is 10.6 Å². The lowest BCUT2D eigenvalue weighted by Crippen LogP contribution is -2.34. The Morgan fingerprint density at radius 2 is 1.70 bits per heavy atom. The van der Waals surface area contributed by atoms with E-state index in [1.807, 2.05) is 54.7 Å². The minimum atomic E-state index is -0.467. The van der Waals surface area contributed by atoms with E-state index in [4.69, 9.17) is 9.52 Å². The number of benzene rings is 2. The third-order valence-electron chi connectivity index (χ3n) is 5.53. The summed E-state index contributed by atoms with van der Waals surface area (Å²) in [6, 6.07) is 25.6. The number of aromatic nitrogens is 3. The Labute approximate surface area is 213 Å². The fourth-order valence-corrected chi connectivity index (χ4v) is 3.71. The maximum absolute atomic E-state index is 13.3. The highest BCUT2D eigenvalue weighted by molar-refractivity contribution is 6.05. The van der Waals surface area contributed by atoms with Crippen molar-refractivity contribution < 1.29 is 14.0 Å². The lowest BCUT2D eigenvalue weighted by Gasteiger charge is -2.11. The van der Waals surface area contributed by atoms with Gasteiger partial charge in [0.05, 0.1) is 18.5 Å². The largest absolute Gasteiger partial charge is 0.467 e. The number of nitrogens with zero attached hydrogens (tertiary/aromatic N) is 3. The smallest absolute Gasteiger partial charge is 0.268 e. The van der Waals surface area contributed by atoms with Crippen molar-refractivity contribution in [3.05, 3.63) is 132 Å². The van der Waals surface area contributed by atoms with Crippen molar-refractivity contribution in [1.29, 1.82) is 0 Å². The molecule has 8 nitrogen and oxygen atoms in total. The summed E-state index contributed by atoms with van der Waals surface area (Å²) in [5, 5.41) is 10.3. The SMILES string of the molecule is O=C(NCc1ccco1)C(=Cc1cn(-c2ccccc2)nc1-c1cccnc1)NC(=O)c1ccccc1. The maximum Gasteiger partial charge on any atom is 0.268 e. The Hall–Kier alpha value is -5.24. The van der Waals surface area contributed by atoms with Crippen molar-refractivity contribution in [1.82, 2.24) is 25.4 Å². The summed E-state index contributed by atoms with van der Waals surface area (Å²) in [6.07, 6.45) is 8.35. The van der Waals surface area contributed by atoms with Crippen LogP contribution in [0.1, 0.15) is 21.7 Å². The summed E-state index contributed by atoms with van der Waals surface area (Å²) in [7, 11) is 0. The zero-order valence-corrected chi connectivity index (χ0v) is 19.7. The Balaban J connectivity index is 1.54. The first kappa shape index (κ1) is 23.5. The van der Waals surface area contributed by atoms with Gasteiger partial charge in [-0.3, -0.25) is 14.6 Å². The number of carbonyl (C=O) groups is 2. The number of hydrogen-bond donors (Lipinski definition) is 2. The van der Waals surface area contributed by atoms with E-state index >= 15 is 0 Å². The molecule has 0 saturated heterocycles. The molecular formula is C29H23N5O3. The van der Waals surface area contributed by atoms with Gasteiger partial charge in [-0.25, -0.2) is 4.68 Å². The van der Waals surface area contributed by atoms with Crippen LogP contribution in [0.25, 0.3) is 23.0 Å². The average Bonchev–Trinajstić information content (AvgIpc) is 3.63. The number of nitrogens with one attached hydrogen (secondary N) is 2. The molecule has 3 aromatic heterocycles. The van der Waals surface area contributed by atoms with Gasteiger partial charge >= 0.3 is 0 Å². The Morgan fingerprint density at radius 3 is 2.41 bits per heavy atom. The number of pyridine rings is 1. The van der Waals surface area contributed by atoms with Crippen molar-refractivity contribution in [2.75, 3.05) is 0 Å². The number of carbonyl (C=O) groups excluding carboxylic acids is 2. The first-order valence-electron chi connectivity index (χ1n) is 11.6. The molecule has 3 heterocycles. The summed E-state index contributed by atoms with van der Waals surface area (Å²) in [5.41, 5.74) is 3.37. The van der Waals surface area contributed by atoms with Crippen molar-refractivity contribution in [2.24, 2.45) is 0 Å². The van der Waals surface area contributed by atoms with Gasteiger partial charge in [-0.2, -0.15) is 5.10 Å². The summed E-state index contributed by atoms with van der Waals surface area (Å²) in [6.45, 7) is 0.170. The molecule has 182 valence electrons. The molecule has 0 aliphatic carbocycles. The fraction of sp³-hybridized carbons (Fsp3) is 0.0345. The Morgan fingerprint density at radius 1 is 0.919 bits per heavy atom. The first-order chi connectivity index (χ1) is 18.2. The van der Waals surface area contributed by atoms with Crippen LogP contribution in [0.3, 0.4) is 0 Å². The topological polar surface area (TPSA) is 102 Å². The van der Waals surface area contributed by atoms with Gasteiger partial charge in [0.15, 0.2) is 0 Å². The molecule has 0 bridgehead atoms. The van der Waals surface area contributed by atoms with E-state index < -0.39 is 11.8 Å². The number of para-hydroxylation sites is 1. The standard InChI is InChI=1S/C29H23N5O3/c35-28(21-9-3-1-4-10-21)32-26(29(36)31-19-25-14-8-16-37-25)17-23-20-34(24-12-5-2-6-13-24)33-27(23)22-11-7-15-30-18-22/h1-18,20H,19H2,(H,31,36)(H,32,35). The molecule has 0 aliphatic rings. The first-order valence-corrected chi connectivity index (χ1v) is 11.6. The van der Waals surface area contributed by atoms with E-state index in [0.29, 0.717) is 22.6 Å². The van der Waals surface area contributed by atoms with E-state index in [1.54, 1.807) is 59.5 Å². The van der Waals surface area contributed by atoms with Crippen LogP contribution >= 0.6 is 0 Å². The normalized spacial score (nSPS) is 11.2.